The highest BCUT2D eigenvalue weighted by molar-refractivity contribution is 5.75. The third-order valence-electron chi connectivity index (χ3n) is 4.99. The summed E-state index contributed by atoms with van der Waals surface area (Å²) in [5.41, 5.74) is 2.57. The molecule has 0 spiro atoms. The largest absolute Gasteiger partial charge is 0.468 e. The molecule has 1 saturated heterocycles. The summed E-state index contributed by atoms with van der Waals surface area (Å²) in [6.45, 7) is 5.07. The number of rotatable bonds is 10. The van der Waals surface area contributed by atoms with Crippen LogP contribution in [0.5, 0.6) is 5.75 Å². The van der Waals surface area contributed by atoms with E-state index in [4.69, 9.17) is 23.7 Å². The first-order chi connectivity index (χ1) is 14.0. The van der Waals surface area contributed by atoms with Crippen LogP contribution in [0.3, 0.4) is 0 Å². The number of carbonyl (C=O) groups excluding carboxylic acids is 1. The minimum atomic E-state index is -0.648. The van der Waals surface area contributed by atoms with E-state index in [1.54, 1.807) is 14.2 Å². The van der Waals surface area contributed by atoms with Crippen molar-refractivity contribution >= 4 is 6.29 Å². The summed E-state index contributed by atoms with van der Waals surface area (Å²) in [7, 11) is 3.21. The summed E-state index contributed by atoms with van der Waals surface area (Å²) in [4.78, 5) is 11.9. The predicted molar refractivity (Wildman–Crippen MR) is 107 cm³/mol. The summed E-state index contributed by atoms with van der Waals surface area (Å²) < 4.78 is 29.5. The molecule has 1 fully saturated rings. The zero-order valence-electron chi connectivity index (χ0n) is 17.4. The zero-order chi connectivity index (χ0) is 20.9. The molecule has 0 saturated carbocycles. The lowest BCUT2D eigenvalue weighted by Gasteiger charge is -2.23. The lowest BCUT2D eigenvalue weighted by molar-refractivity contribution is -0.154. The molecule has 0 amide bonds. The zero-order valence-corrected chi connectivity index (χ0v) is 17.4. The van der Waals surface area contributed by atoms with Gasteiger partial charge in [-0.1, -0.05) is 12.1 Å². The molecule has 2 heterocycles. The maximum atomic E-state index is 11.9. The van der Waals surface area contributed by atoms with Gasteiger partial charge in [-0.15, -0.1) is 0 Å². The average molecular weight is 403 g/mol. The van der Waals surface area contributed by atoms with Gasteiger partial charge in [0.05, 0.1) is 12.3 Å². The molecule has 0 radical (unpaired) electrons. The van der Waals surface area contributed by atoms with Crippen LogP contribution >= 0.6 is 0 Å². The summed E-state index contributed by atoms with van der Waals surface area (Å²) in [6.07, 6.45) is 2.96. The number of hydrogen-bond acceptors (Lipinski definition) is 6. The molecule has 7 heteroatoms. The van der Waals surface area contributed by atoms with Crippen LogP contribution in [0.4, 0.5) is 0 Å². The van der Waals surface area contributed by atoms with E-state index in [9.17, 15) is 4.79 Å². The predicted octanol–water partition coefficient (Wildman–Crippen LogP) is 3.37. The number of nitrogens with zero attached hydrogens (tertiary/aromatic N) is 1. The van der Waals surface area contributed by atoms with Crippen molar-refractivity contribution < 1.29 is 28.5 Å². The summed E-state index contributed by atoms with van der Waals surface area (Å²) in [5.74, 6) is 0.113. The van der Waals surface area contributed by atoms with Crippen LogP contribution in [0.15, 0.2) is 36.5 Å². The number of methoxy groups -OCH3 is 2. The fourth-order valence-electron chi connectivity index (χ4n) is 3.55. The Morgan fingerprint density at radius 2 is 2.00 bits per heavy atom. The summed E-state index contributed by atoms with van der Waals surface area (Å²) in [6, 6.07) is 9.78. The Labute approximate surface area is 171 Å². The van der Waals surface area contributed by atoms with Crippen LogP contribution < -0.4 is 4.74 Å². The normalized spacial score (nSPS) is 19.2. The molecule has 29 heavy (non-hydrogen) atoms. The Hall–Kier alpha value is -2.19. The fourth-order valence-corrected chi connectivity index (χ4v) is 3.55. The summed E-state index contributed by atoms with van der Waals surface area (Å²) >= 11 is 0. The van der Waals surface area contributed by atoms with Crippen molar-refractivity contribution in [2.24, 2.45) is 0 Å². The second-order valence-electron chi connectivity index (χ2n) is 7.44. The Morgan fingerprint density at radius 1 is 1.24 bits per heavy atom. The second kappa shape index (κ2) is 9.54. The smallest absolute Gasteiger partial charge is 0.188 e. The standard InChI is InChI=1S/C22H29NO6/c1-22(2)28-14-20(29-22)21(26-4)18-10-12-23(19(18)13-24)11-9-16-5-7-17(8-6-16)27-15-25-3/h5-8,10,12-13,20-21H,9,11,14-15H2,1-4H3/t20?,21-/m0/s1. The van der Waals surface area contributed by atoms with Gasteiger partial charge in [0.2, 0.25) is 0 Å². The SMILES string of the molecule is COCOc1ccc(CCn2ccc([C@H](OC)C3COC(C)(C)O3)c2C=O)cc1. The molecule has 7 nitrogen and oxygen atoms in total. The van der Waals surface area contributed by atoms with E-state index in [-0.39, 0.29) is 19.0 Å². The van der Waals surface area contributed by atoms with Crippen molar-refractivity contribution in [2.45, 2.75) is 44.8 Å². The first-order valence-electron chi connectivity index (χ1n) is 9.67. The fraction of sp³-hybridized carbons (Fsp3) is 0.500. The van der Waals surface area contributed by atoms with Crippen molar-refractivity contribution in [3.05, 3.63) is 53.3 Å². The molecule has 0 aliphatic carbocycles. The molecule has 3 rings (SSSR count). The van der Waals surface area contributed by atoms with Gasteiger partial charge in [0.15, 0.2) is 18.9 Å². The number of hydrogen-bond donors (Lipinski definition) is 0. The number of aromatic nitrogens is 1. The van der Waals surface area contributed by atoms with E-state index in [2.05, 4.69) is 0 Å². The quantitative estimate of drug-likeness (QED) is 0.448. The lowest BCUT2D eigenvalue weighted by atomic mass is 10.1. The van der Waals surface area contributed by atoms with E-state index in [1.165, 1.54) is 0 Å². The molecular formula is C22H29NO6. The van der Waals surface area contributed by atoms with Crippen LogP contribution in [0.2, 0.25) is 0 Å². The Bertz CT molecular complexity index is 798. The monoisotopic (exact) mass is 403 g/mol. The van der Waals surface area contributed by atoms with Crippen molar-refractivity contribution in [1.82, 2.24) is 4.57 Å². The highest BCUT2D eigenvalue weighted by Gasteiger charge is 2.39. The lowest BCUT2D eigenvalue weighted by Crippen LogP contribution is -2.27. The van der Waals surface area contributed by atoms with Gasteiger partial charge in [-0.25, -0.2) is 0 Å². The van der Waals surface area contributed by atoms with Crippen molar-refractivity contribution in [3.8, 4) is 5.75 Å². The highest BCUT2D eigenvalue weighted by Crippen LogP contribution is 2.34. The van der Waals surface area contributed by atoms with Crippen molar-refractivity contribution in [3.63, 3.8) is 0 Å². The van der Waals surface area contributed by atoms with Gasteiger partial charge in [0, 0.05) is 32.5 Å². The molecule has 1 unspecified atom stereocenters. The maximum absolute atomic E-state index is 11.9. The van der Waals surface area contributed by atoms with E-state index in [1.807, 2.05) is 54.9 Å². The molecular weight excluding hydrogens is 374 g/mol. The van der Waals surface area contributed by atoms with Crippen LogP contribution in [-0.2, 0) is 31.9 Å². The van der Waals surface area contributed by atoms with Crippen LogP contribution in [0.1, 0.15) is 41.6 Å². The van der Waals surface area contributed by atoms with Crippen molar-refractivity contribution in [2.75, 3.05) is 27.6 Å². The van der Waals surface area contributed by atoms with Gasteiger partial charge < -0.3 is 28.3 Å². The Morgan fingerprint density at radius 3 is 2.59 bits per heavy atom. The topological polar surface area (TPSA) is 68.2 Å². The van der Waals surface area contributed by atoms with Gasteiger partial charge in [0.25, 0.3) is 0 Å². The molecule has 0 bridgehead atoms. The van der Waals surface area contributed by atoms with Gasteiger partial charge >= 0.3 is 0 Å². The highest BCUT2D eigenvalue weighted by atomic mass is 16.7. The average Bonchev–Trinajstić information content (AvgIpc) is 3.29. The van der Waals surface area contributed by atoms with E-state index >= 15 is 0 Å². The molecule has 2 atom stereocenters. The third-order valence-corrected chi connectivity index (χ3v) is 4.99. The molecule has 1 aromatic heterocycles. The number of ether oxygens (including phenoxy) is 5. The number of aryl methyl sites for hydroxylation is 2. The minimum Gasteiger partial charge on any atom is -0.468 e. The number of carbonyl (C=O) groups is 1. The first kappa shape index (κ1) is 21.5. The van der Waals surface area contributed by atoms with Crippen LogP contribution in [0, 0.1) is 0 Å². The minimum absolute atomic E-state index is 0.224. The molecule has 1 aromatic carbocycles. The Balaban J connectivity index is 1.68. The maximum Gasteiger partial charge on any atom is 0.188 e. The number of aldehydes is 1. The van der Waals surface area contributed by atoms with E-state index < -0.39 is 5.79 Å². The van der Waals surface area contributed by atoms with E-state index in [0.717, 1.165) is 29.6 Å². The second-order valence-corrected chi connectivity index (χ2v) is 7.44. The Kier molecular flexibility index (Phi) is 7.08. The summed E-state index contributed by atoms with van der Waals surface area (Å²) in [5, 5.41) is 0. The molecule has 158 valence electrons. The number of benzene rings is 1. The molecule has 2 aromatic rings. The van der Waals surface area contributed by atoms with Gasteiger partial charge in [-0.2, -0.15) is 0 Å². The van der Waals surface area contributed by atoms with Crippen LogP contribution in [0.25, 0.3) is 0 Å². The molecule has 1 aliphatic rings. The van der Waals surface area contributed by atoms with Gasteiger partial charge in [-0.05, 0) is 44.0 Å². The third kappa shape index (κ3) is 5.25. The first-order valence-corrected chi connectivity index (χ1v) is 9.67. The molecule has 1 aliphatic heterocycles. The molecule has 0 N–H and O–H groups in total. The van der Waals surface area contributed by atoms with Crippen LogP contribution in [-0.4, -0.2) is 50.4 Å². The van der Waals surface area contributed by atoms with Gasteiger partial charge in [0.1, 0.15) is 18.0 Å². The van der Waals surface area contributed by atoms with Gasteiger partial charge in [-0.3, -0.25) is 4.79 Å². The van der Waals surface area contributed by atoms with E-state index in [0.29, 0.717) is 18.8 Å². The van der Waals surface area contributed by atoms with Crippen molar-refractivity contribution in [1.29, 1.82) is 0 Å².